The number of aliphatic hydroxyl groups is 5. The van der Waals surface area contributed by atoms with Gasteiger partial charge >= 0.3 is 11.9 Å². The van der Waals surface area contributed by atoms with Crippen molar-refractivity contribution >= 4 is 23.5 Å². The highest BCUT2D eigenvalue weighted by Gasteiger charge is 2.73. The van der Waals surface area contributed by atoms with Gasteiger partial charge in [0.2, 0.25) is 0 Å². The second-order valence-electron chi connectivity index (χ2n) is 6.84. The first kappa shape index (κ1) is 25.0. The van der Waals surface area contributed by atoms with E-state index < -0.39 is 77.9 Å². The normalized spacial score (nSPS) is 32.0. The first-order valence-corrected chi connectivity index (χ1v) is 8.46. The van der Waals surface area contributed by atoms with Crippen LogP contribution in [-0.2, 0) is 28.7 Å². The lowest BCUT2D eigenvalue weighted by Crippen LogP contribution is -2.78. The Kier molecular flexibility index (Phi) is 7.59. The molecule has 13 heteroatoms. The molecule has 0 aromatic carbocycles. The summed E-state index contributed by atoms with van der Waals surface area (Å²) in [5.74, 6) is -9.49. The maximum absolute atomic E-state index is 12.2. The predicted octanol–water partition coefficient (Wildman–Crippen LogP) is -4.34. The SMILES string of the molecule is CC(=O)C1(C(C)=O)[C@H](O)[C@@H](N)[C@H]([C@H](O)[C@H](O)COC(=O)C(C)O)OC1(O)C(=O)O. The Bertz CT molecular complexity index is 665. The minimum Gasteiger partial charge on any atom is -0.477 e. The van der Waals surface area contributed by atoms with Crippen molar-refractivity contribution < 1.29 is 59.3 Å². The Hall–Kier alpha value is -2.00. The molecule has 0 aromatic rings. The molecule has 7 atom stereocenters. The van der Waals surface area contributed by atoms with Gasteiger partial charge in [0.05, 0.1) is 12.1 Å². The van der Waals surface area contributed by atoms with Gasteiger partial charge in [0.25, 0.3) is 5.79 Å². The molecule has 0 aliphatic carbocycles. The van der Waals surface area contributed by atoms with Gasteiger partial charge in [-0.05, 0) is 20.8 Å². The summed E-state index contributed by atoms with van der Waals surface area (Å²) in [6.45, 7) is 1.69. The van der Waals surface area contributed by atoms with Crippen molar-refractivity contribution in [3.05, 3.63) is 0 Å². The summed E-state index contributed by atoms with van der Waals surface area (Å²) in [6, 6.07) is -1.82. The first-order valence-electron chi connectivity index (χ1n) is 8.46. The topological polar surface area (TPSA) is 234 Å². The number of aliphatic hydroxyl groups excluding tert-OH is 4. The summed E-state index contributed by atoms with van der Waals surface area (Å²) in [6.07, 6.45) is -9.94. The van der Waals surface area contributed by atoms with Gasteiger partial charge in [-0.15, -0.1) is 0 Å². The third kappa shape index (κ3) is 4.02. The van der Waals surface area contributed by atoms with Crippen LogP contribution in [0.5, 0.6) is 0 Å². The van der Waals surface area contributed by atoms with Gasteiger partial charge in [-0.25, -0.2) is 9.59 Å². The Balaban J connectivity index is 3.29. The smallest absolute Gasteiger partial charge is 0.365 e. The number of nitrogens with two attached hydrogens (primary N) is 1. The molecule has 166 valence electrons. The molecule has 0 saturated carbocycles. The van der Waals surface area contributed by atoms with Gasteiger partial charge in [-0.2, -0.15) is 0 Å². The van der Waals surface area contributed by atoms with Crippen molar-refractivity contribution in [1.82, 2.24) is 0 Å². The Morgan fingerprint density at radius 3 is 2.00 bits per heavy atom. The lowest BCUT2D eigenvalue weighted by molar-refractivity contribution is -0.331. The number of rotatable bonds is 8. The molecule has 1 aliphatic rings. The number of ketones is 2. The van der Waals surface area contributed by atoms with E-state index >= 15 is 0 Å². The Labute approximate surface area is 164 Å². The molecule has 1 saturated heterocycles. The minimum absolute atomic E-state index is 0.746. The average molecular weight is 423 g/mol. The highest BCUT2D eigenvalue weighted by Crippen LogP contribution is 2.46. The third-order valence-electron chi connectivity index (χ3n) is 4.90. The van der Waals surface area contributed by atoms with Gasteiger partial charge in [-0.1, -0.05) is 0 Å². The van der Waals surface area contributed by atoms with Crippen LogP contribution in [0.15, 0.2) is 0 Å². The summed E-state index contributed by atoms with van der Waals surface area (Å²) in [5.41, 5.74) is 2.73. The van der Waals surface area contributed by atoms with E-state index in [1.54, 1.807) is 0 Å². The fraction of sp³-hybridized carbons (Fsp3) is 0.750. The maximum Gasteiger partial charge on any atom is 0.365 e. The van der Waals surface area contributed by atoms with E-state index in [9.17, 15) is 44.7 Å². The van der Waals surface area contributed by atoms with Crippen LogP contribution in [0.1, 0.15) is 20.8 Å². The van der Waals surface area contributed by atoms with E-state index in [2.05, 4.69) is 4.74 Å². The molecule has 13 nitrogen and oxygen atoms in total. The molecule has 0 spiro atoms. The number of carboxylic acids is 1. The van der Waals surface area contributed by atoms with E-state index in [1.165, 1.54) is 0 Å². The fourth-order valence-corrected chi connectivity index (χ4v) is 3.30. The van der Waals surface area contributed by atoms with E-state index in [-0.39, 0.29) is 0 Å². The summed E-state index contributed by atoms with van der Waals surface area (Å²) >= 11 is 0. The zero-order chi connectivity index (χ0) is 22.9. The summed E-state index contributed by atoms with van der Waals surface area (Å²) in [4.78, 5) is 47.3. The molecule has 1 heterocycles. The zero-order valence-electron chi connectivity index (χ0n) is 15.9. The van der Waals surface area contributed by atoms with Crippen molar-refractivity contribution in [2.24, 2.45) is 11.1 Å². The van der Waals surface area contributed by atoms with Crippen LogP contribution in [0.3, 0.4) is 0 Å². The standard InChI is InChI=1S/C16H25NO12/c1-5(18)13(24)28-4-8(21)10(22)11-9(17)12(23)15(6(2)19,7(3)20)16(27,29-11)14(25)26/h5,8-12,18,21-23,27H,4,17H2,1-3H3,(H,25,26)/t5?,8-,9+,10-,11-,12-,16?/m1/s1. The number of carbonyl (C=O) groups is 4. The van der Waals surface area contributed by atoms with E-state index in [0.717, 1.165) is 20.8 Å². The lowest BCUT2D eigenvalue weighted by atomic mass is 9.63. The van der Waals surface area contributed by atoms with Gasteiger partial charge in [0.15, 0.2) is 17.0 Å². The molecule has 2 unspecified atom stereocenters. The van der Waals surface area contributed by atoms with E-state index in [1.807, 2.05) is 0 Å². The molecule has 29 heavy (non-hydrogen) atoms. The largest absolute Gasteiger partial charge is 0.477 e. The van der Waals surface area contributed by atoms with Crippen molar-refractivity contribution in [1.29, 1.82) is 0 Å². The first-order chi connectivity index (χ1) is 13.2. The molecule has 1 rings (SSSR count). The zero-order valence-corrected chi connectivity index (χ0v) is 15.9. The van der Waals surface area contributed by atoms with E-state index in [0.29, 0.717) is 0 Å². The van der Waals surface area contributed by atoms with Crippen LogP contribution in [0.25, 0.3) is 0 Å². The number of carbonyl (C=O) groups excluding carboxylic acids is 3. The van der Waals surface area contributed by atoms with Crippen LogP contribution in [-0.4, -0.2) is 103 Å². The summed E-state index contributed by atoms with van der Waals surface area (Å²) < 4.78 is 9.43. The number of hydrogen-bond acceptors (Lipinski definition) is 12. The van der Waals surface area contributed by atoms with Crippen molar-refractivity contribution in [2.45, 2.75) is 63.1 Å². The van der Waals surface area contributed by atoms with Gasteiger partial charge in [-0.3, -0.25) is 9.59 Å². The molecule has 8 N–H and O–H groups in total. The molecule has 0 amide bonds. The van der Waals surface area contributed by atoms with Crippen molar-refractivity contribution in [3.63, 3.8) is 0 Å². The van der Waals surface area contributed by atoms with Crippen LogP contribution < -0.4 is 5.73 Å². The van der Waals surface area contributed by atoms with Crippen LogP contribution in [0.4, 0.5) is 0 Å². The number of hydrogen-bond donors (Lipinski definition) is 7. The molecule has 0 radical (unpaired) electrons. The van der Waals surface area contributed by atoms with Crippen molar-refractivity contribution in [3.8, 4) is 0 Å². The lowest BCUT2D eigenvalue weighted by Gasteiger charge is -2.52. The molecular formula is C16H25NO12. The van der Waals surface area contributed by atoms with Gasteiger partial charge < -0.3 is 45.8 Å². The highest BCUT2D eigenvalue weighted by molar-refractivity contribution is 6.11. The maximum atomic E-state index is 12.2. The molecule has 1 aliphatic heterocycles. The predicted molar refractivity (Wildman–Crippen MR) is 89.9 cm³/mol. The average Bonchev–Trinajstić information content (AvgIpc) is 2.61. The second kappa shape index (κ2) is 8.79. The summed E-state index contributed by atoms with van der Waals surface area (Å²) in [5, 5.41) is 59.8. The van der Waals surface area contributed by atoms with E-state index in [4.69, 9.17) is 15.6 Å². The number of Topliss-reactive ketones (excluding diaryl/α,β-unsaturated/α-hetero) is 2. The second-order valence-corrected chi connectivity index (χ2v) is 6.84. The Morgan fingerprint density at radius 2 is 1.62 bits per heavy atom. The minimum atomic E-state index is -3.62. The Morgan fingerprint density at radius 1 is 1.14 bits per heavy atom. The molecule has 0 aromatic heterocycles. The van der Waals surface area contributed by atoms with Gasteiger partial charge in [0, 0.05) is 0 Å². The quantitative estimate of drug-likeness (QED) is 0.145. The van der Waals surface area contributed by atoms with Crippen LogP contribution in [0.2, 0.25) is 0 Å². The number of carboxylic acid groups (broad SMARTS) is 1. The molecular weight excluding hydrogens is 398 g/mol. The fourth-order valence-electron chi connectivity index (χ4n) is 3.30. The summed E-state index contributed by atoms with van der Waals surface area (Å²) in [7, 11) is 0. The molecule has 0 bridgehead atoms. The number of aliphatic carboxylic acids is 1. The number of ether oxygens (including phenoxy) is 2. The highest BCUT2D eigenvalue weighted by atomic mass is 16.7. The third-order valence-corrected chi connectivity index (χ3v) is 4.90. The van der Waals surface area contributed by atoms with Gasteiger partial charge in [0.1, 0.15) is 31.0 Å². The molecule has 1 fully saturated rings. The number of esters is 1. The van der Waals surface area contributed by atoms with Crippen molar-refractivity contribution in [2.75, 3.05) is 6.61 Å². The van der Waals surface area contributed by atoms with Crippen LogP contribution >= 0.6 is 0 Å². The monoisotopic (exact) mass is 423 g/mol. The van der Waals surface area contributed by atoms with Crippen LogP contribution in [0, 0.1) is 5.41 Å².